The van der Waals surface area contributed by atoms with Crippen molar-refractivity contribution in [2.24, 2.45) is 0 Å². The van der Waals surface area contributed by atoms with E-state index in [4.69, 9.17) is 0 Å². The Balaban J connectivity index is 1.82. The maximum Gasteiger partial charge on any atom is 0.270 e. The lowest BCUT2D eigenvalue weighted by Crippen LogP contribution is -2.48. The van der Waals surface area contributed by atoms with Gasteiger partial charge < -0.3 is 10.6 Å². The maximum atomic E-state index is 13.3. The summed E-state index contributed by atoms with van der Waals surface area (Å²) in [4.78, 5) is 36.6. The van der Waals surface area contributed by atoms with Gasteiger partial charge >= 0.3 is 0 Å². The van der Waals surface area contributed by atoms with E-state index in [9.17, 15) is 19.7 Å². The van der Waals surface area contributed by atoms with Gasteiger partial charge in [0.05, 0.1) is 11.0 Å². The minimum absolute atomic E-state index is 0.133. The van der Waals surface area contributed by atoms with Crippen LogP contribution in [0.3, 0.4) is 0 Å². The molecular weight excluding hydrogens is 438 g/mol. The average Bonchev–Trinajstić information content (AvgIpc) is 2.85. The molecule has 0 aliphatic carbocycles. The van der Waals surface area contributed by atoms with Crippen LogP contribution in [-0.2, 0) is 4.79 Å². The zero-order chi connectivity index (χ0) is 23.6. The van der Waals surface area contributed by atoms with Gasteiger partial charge in [-0.05, 0) is 35.6 Å². The standard InChI is InChI=1S/C25H25N3O4S/c1-33-16-15-22(26-24(29)20-13-8-14-21(17-20)28(31)32)25(30)27-23(18-9-4-2-5-10-18)19-11-6-3-7-12-19/h2-14,17,22-23H,15-16H2,1H3,(H,26,29)(H,27,30)/t22-/m0/s1. The van der Waals surface area contributed by atoms with E-state index in [2.05, 4.69) is 10.6 Å². The first kappa shape index (κ1) is 24.0. The predicted octanol–water partition coefficient (Wildman–Crippen LogP) is 4.35. The van der Waals surface area contributed by atoms with Gasteiger partial charge in [-0.2, -0.15) is 11.8 Å². The molecule has 7 nitrogen and oxygen atoms in total. The van der Waals surface area contributed by atoms with Crippen molar-refractivity contribution in [1.29, 1.82) is 0 Å². The first-order chi connectivity index (χ1) is 16.0. The molecule has 0 radical (unpaired) electrons. The molecule has 0 aromatic heterocycles. The third-order valence-electron chi connectivity index (χ3n) is 5.10. The van der Waals surface area contributed by atoms with Crippen molar-refractivity contribution in [3.05, 3.63) is 112 Å². The topological polar surface area (TPSA) is 101 Å². The van der Waals surface area contributed by atoms with Gasteiger partial charge in [-0.3, -0.25) is 19.7 Å². The first-order valence-corrected chi connectivity index (χ1v) is 11.8. The lowest BCUT2D eigenvalue weighted by atomic mass is 9.98. The second-order valence-electron chi connectivity index (χ2n) is 7.38. The number of thioether (sulfide) groups is 1. The third kappa shape index (κ3) is 6.66. The summed E-state index contributed by atoms with van der Waals surface area (Å²) in [7, 11) is 0. The Morgan fingerprint density at radius 1 is 0.909 bits per heavy atom. The van der Waals surface area contributed by atoms with Gasteiger partial charge in [-0.15, -0.1) is 0 Å². The van der Waals surface area contributed by atoms with Gasteiger partial charge in [0.25, 0.3) is 11.6 Å². The largest absolute Gasteiger partial charge is 0.343 e. The van der Waals surface area contributed by atoms with Crippen LogP contribution in [0, 0.1) is 10.1 Å². The maximum absolute atomic E-state index is 13.3. The number of non-ortho nitro benzene ring substituents is 1. The Morgan fingerprint density at radius 2 is 1.52 bits per heavy atom. The molecule has 0 unspecified atom stereocenters. The van der Waals surface area contributed by atoms with Gasteiger partial charge in [0.1, 0.15) is 6.04 Å². The van der Waals surface area contributed by atoms with Crippen molar-refractivity contribution in [3.63, 3.8) is 0 Å². The number of nitrogens with zero attached hydrogens (tertiary/aromatic N) is 1. The zero-order valence-corrected chi connectivity index (χ0v) is 19.0. The fraction of sp³-hybridized carbons (Fsp3) is 0.200. The molecule has 0 fully saturated rings. The third-order valence-corrected chi connectivity index (χ3v) is 5.75. The fourth-order valence-electron chi connectivity index (χ4n) is 3.40. The second kappa shape index (κ2) is 11.8. The van der Waals surface area contributed by atoms with Crippen molar-refractivity contribution < 1.29 is 14.5 Å². The molecule has 0 bridgehead atoms. The summed E-state index contributed by atoms with van der Waals surface area (Å²) in [6.45, 7) is 0. The van der Waals surface area contributed by atoms with E-state index in [0.717, 1.165) is 11.1 Å². The Kier molecular flexibility index (Phi) is 8.60. The number of nitro groups is 1. The summed E-state index contributed by atoms with van der Waals surface area (Å²) in [6.07, 6.45) is 2.35. The molecule has 2 amide bonds. The number of benzene rings is 3. The fourth-order valence-corrected chi connectivity index (χ4v) is 3.87. The molecule has 0 aliphatic heterocycles. The van der Waals surface area contributed by atoms with Crippen LogP contribution >= 0.6 is 11.8 Å². The Hall–Kier alpha value is -3.65. The van der Waals surface area contributed by atoms with E-state index in [0.29, 0.717) is 12.2 Å². The highest BCUT2D eigenvalue weighted by Gasteiger charge is 2.25. The van der Waals surface area contributed by atoms with E-state index in [1.807, 2.05) is 66.9 Å². The highest BCUT2D eigenvalue weighted by atomic mass is 32.2. The highest BCUT2D eigenvalue weighted by molar-refractivity contribution is 7.98. The Bertz CT molecular complexity index is 1050. The molecule has 0 aliphatic rings. The summed E-state index contributed by atoms with van der Waals surface area (Å²) in [5, 5.41) is 16.9. The second-order valence-corrected chi connectivity index (χ2v) is 8.36. The normalized spacial score (nSPS) is 11.6. The van der Waals surface area contributed by atoms with Gasteiger partial charge in [0, 0.05) is 17.7 Å². The van der Waals surface area contributed by atoms with Gasteiger partial charge in [0.15, 0.2) is 0 Å². The minimum atomic E-state index is -0.792. The van der Waals surface area contributed by atoms with E-state index in [1.54, 1.807) is 11.8 Å². The SMILES string of the molecule is CSCC[C@H](NC(=O)c1cccc([N+](=O)[O-])c1)C(=O)NC(c1ccccc1)c1ccccc1. The molecule has 0 spiro atoms. The number of rotatable bonds is 10. The zero-order valence-electron chi connectivity index (χ0n) is 18.1. The van der Waals surface area contributed by atoms with Crippen LogP contribution in [-0.4, -0.2) is 34.8 Å². The molecule has 0 saturated carbocycles. The van der Waals surface area contributed by atoms with Crippen LogP contribution < -0.4 is 10.6 Å². The monoisotopic (exact) mass is 463 g/mol. The number of carbonyl (C=O) groups excluding carboxylic acids is 2. The molecule has 1 atom stereocenters. The first-order valence-electron chi connectivity index (χ1n) is 10.4. The smallest absolute Gasteiger partial charge is 0.270 e. The molecule has 0 heterocycles. The van der Waals surface area contributed by atoms with E-state index in [-0.39, 0.29) is 23.2 Å². The molecule has 33 heavy (non-hydrogen) atoms. The molecule has 0 saturated heterocycles. The summed E-state index contributed by atoms with van der Waals surface area (Å²) in [5.41, 5.74) is 1.80. The number of amides is 2. The van der Waals surface area contributed by atoms with Crippen molar-refractivity contribution in [3.8, 4) is 0 Å². The molecule has 170 valence electrons. The van der Waals surface area contributed by atoms with Crippen molar-refractivity contribution in [2.45, 2.75) is 18.5 Å². The predicted molar refractivity (Wildman–Crippen MR) is 130 cm³/mol. The van der Waals surface area contributed by atoms with E-state index < -0.39 is 16.9 Å². The van der Waals surface area contributed by atoms with Crippen LogP contribution in [0.25, 0.3) is 0 Å². The molecule has 3 aromatic carbocycles. The van der Waals surface area contributed by atoms with Crippen LogP contribution in [0.15, 0.2) is 84.9 Å². The summed E-state index contributed by atoms with van der Waals surface area (Å²) in [5.74, 6) is -0.189. The molecule has 3 aromatic rings. The molecule has 8 heteroatoms. The number of nitro benzene ring substituents is 1. The van der Waals surface area contributed by atoms with Crippen molar-refractivity contribution in [2.75, 3.05) is 12.0 Å². The minimum Gasteiger partial charge on any atom is -0.343 e. The average molecular weight is 464 g/mol. The highest BCUT2D eigenvalue weighted by Crippen LogP contribution is 2.22. The van der Waals surface area contributed by atoms with Crippen molar-refractivity contribution >= 4 is 29.3 Å². The van der Waals surface area contributed by atoms with Gasteiger partial charge in [0.2, 0.25) is 5.91 Å². The lowest BCUT2D eigenvalue weighted by molar-refractivity contribution is -0.384. The number of hydrogen-bond donors (Lipinski definition) is 2. The molecule has 2 N–H and O–H groups in total. The van der Waals surface area contributed by atoms with Crippen LogP contribution in [0.4, 0.5) is 5.69 Å². The quantitative estimate of drug-likeness (QED) is 0.344. The van der Waals surface area contributed by atoms with Crippen LogP contribution in [0.5, 0.6) is 0 Å². The Labute approximate surface area is 196 Å². The molecular formula is C25H25N3O4S. The van der Waals surface area contributed by atoms with Crippen LogP contribution in [0.2, 0.25) is 0 Å². The Morgan fingerprint density at radius 3 is 2.06 bits per heavy atom. The van der Waals surface area contributed by atoms with Gasteiger partial charge in [-0.1, -0.05) is 66.7 Å². The van der Waals surface area contributed by atoms with Crippen LogP contribution in [0.1, 0.15) is 33.9 Å². The molecule has 3 rings (SSSR count). The van der Waals surface area contributed by atoms with Gasteiger partial charge in [-0.25, -0.2) is 0 Å². The number of carbonyl (C=O) groups is 2. The van der Waals surface area contributed by atoms with Crippen molar-refractivity contribution in [1.82, 2.24) is 10.6 Å². The lowest BCUT2D eigenvalue weighted by Gasteiger charge is -2.24. The van der Waals surface area contributed by atoms with E-state index in [1.165, 1.54) is 24.3 Å². The summed E-state index contributed by atoms with van der Waals surface area (Å²) in [6, 6.07) is 23.5. The summed E-state index contributed by atoms with van der Waals surface area (Å²) >= 11 is 1.57. The summed E-state index contributed by atoms with van der Waals surface area (Å²) < 4.78 is 0. The van der Waals surface area contributed by atoms with E-state index >= 15 is 0 Å². The number of nitrogens with one attached hydrogen (secondary N) is 2. The number of hydrogen-bond acceptors (Lipinski definition) is 5.